The van der Waals surface area contributed by atoms with Crippen molar-refractivity contribution in [2.45, 2.75) is 32.9 Å². The van der Waals surface area contributed by atoms with Gasteiger partial charge in [-0.25, -0.2) is 0 Å². The highest BCUT2D eigenvalue weighted by Gasteiger charge is 2.19. The molecule has 3 aromatic rings. The molecule has 0 radical (unpaired) electrons. The van der Waals surface area contributed by atoms with Gasteiger partial charge in [-0.1, -0.05) is 30.3 Å². The van der Waals surface area contributed by atoms with Crippen LogP contribution in [0.15, 0.2) is 67.0 Å². The Morgan fingerprint density at radius 1 is 1.07 bits per heavy atom. The first-order valence-corrected chi connectivity index (χ1v) is 9.86. The number of hydrogen-bond donors (Lipinski definition) is 1. The number of nitrogens with zero attached hydrogens (tertiary/aromatic N) is 1. The number of carbonyl (C=O) groups excluding carboxylic acids is 1. The lowest BCUT2D eigenvalue weighted by atomic mass is 9.98. The highest BCUT2D eigenvalue weighted by Crippen LogP contribution is 2.28. The van der Waals surface area contributed by atoms with E-state index in [1.807, 2.05) is 61.8 Å². The molecular formula is C24H28N2O3. The van der Waals surface area contributed by atoms with Crippen molar-refractivity contribution in [3.63, 3.8) is 0 Å². The van der Waals surface area contributed by atoms with E-state index in [0.29, 0.717) is 31.1 Å². The topological polar surface area (TPSA) is 52.5 Å². The molecule has 1 amide bonds. The molecule has 1 heterocycles. The second-order valence-corrected chi connectivity index (χ2v) is 6.90. The Morgan fingerprint density at radius 3 is 2.52 bits per heavy atom. The Labute approximate surface area is 172 Å². The molecule has 0 saturated carbocycles. The smallest absolute Gasteiger partial charge is 0.222 e. The number of benzene rings is 2. The summed E-state index contributed by atoms with van der Waals surface area (Å²) < 4.78 is 13.0. The summed E-state index contributed by atoms with van der Waals surface area (Å²) in [5.41, 5.74) is 3.30. The van der Waals surface area contributed by atoms with Crippen molar-refractivity contribution in [1.29, 1.82) is 0 Å². The summed E-state index contributed by atoms with van der Waals surface area (Å²) in [6.07, 6.45) is 4.37. The Kier molecular flexibility index (Phi) is 6.95. The average Bonchev–Trinajstić information content (AvgIpc) is 3.26. The van der Waals surface area contributed by atoms with Crippen LogP contribution >= 0.6 is 0 Å². The van der Waals surface area contributed by atoms with Gasteiger partial charge in [0.05, 0.1) is 26.2 Å². The zero-order valence-electron chi connectivity index (χ0n) is 17.2. The van der Waals surface area contributed by atoms with Gasteiger partial charge in [-0.05, 0) is 54.8 Å². The quantitative estimate of drug-likeness (QED) is 0.583. The molecule has 0 aliphatic carbocycles. The van der Waals surface area contributed by atoms with Crippen LogP contribution in [0, 0.1) is 6.92 Å². The number of amides is 1. The minimum absolute atomic E-state index is 0.000181. The van der Waals surface area contributed by atoms with Crippen molar-refractivity contribution in [2.24, 2.45) is 0 Å². The second kappa shape index (κ2) is 9.82. The number of carbonyl (C=O) groups is 1. The highest BCUT2D eigenvalue weighted by atomic mass is 16.5. The lowest BCUT2D eigenvalue weighted by molar-refractivity contribution is -0.121. The Balaban J connectivity index is 1.69. The van der Waals surface area contributed by atoms with Gasteiger partial charge in [0.15, 0.2) is 11.5 Å². The number of aromatic nitrogens is 1. The molecule has 0 aliphatic rings. The van der Waals surface area contributed by atoms with E-state index >= 15 is 0 Å². The molecule has 0 bridgehead atoms. The van der Waals surface area contributed by atoms with Crippen LogP contribution in [0.2, 0.25) is 0 Å². The lowest BCUT2D eigenvalue weighted by Gasteiger charge is -2.21. The summed E-state index contributed by atoms with van der Waals surface area (Å²) in [5, 5.41) is 3.03. The molecule has 29 heavy (non-hydrogen) atoms. The Hall–Kier alpha value is -3.21. The van der Waals surface area contributed by atoms with Crippen molar-refractivity contribution in [3.8, 4) is 11.5 Å². The minimum atomic E-state index is -0.0407. The normalized spacial score (nSPS) is 11.7. The van der Waals surface area contributed by atoms with E-state index in [1.54, 1.807) is 7.11 Å². The third kappa shape index (κ3) is 5.19. The minimum Gasteiger partial charge on any atom is -0.493 e. The molecule has 0 spiro atoms. The summed E-state index contributed by atoms with van der Waals surface area (Å²) >= 11 is 0. The van der Waals surface area contributed by atoms with Crippen LogP contribution in [0.1, 0.15) is 36.1 Å². The zero-order valence-corrected chi connectivity index (χ0v) is 17.2. The van der Waals surface area contributed by atoms with Crippen LogP contribution in [0.3, 0.4) is 0 Å². The molecule has 5 heteroatoms. The fourth-order valence-corrected chi connectivity index (χ4v) is 3.44. The predicted octanol–water partition coefficient (Wildman–Crippen LogP) is 4.50. The van der Waals surface area contributed by atoms with Crippen molar-refractivity contribution < 1.29 is 14.3 Å². The standard InChI is InChI=1S/C24H28N2O3/c1-4-29-22-12-11-19(15-23(22)28-3)17-25-24(27)16-21(26-13-7-8-14-26)20-10-6-5-9-18(20)2/h5-15,21H,4,16-17H2,1-3H3,(H,25,27)/t21-/m1/s1. The molecule has 1 N–H and O–H groups in total. The number of methoxy groups -OCH3 is 1. The van der Waals surface area contributed by atoms with Crippen molar-refractivity contribution in [1.82, 2.24) is 9.88 Å². The second-order valence-electron chi connectivity index (χ2n) is 6.90. The van der Waals surface area contributed by atoms with Crippen LogP contribution in [-0.2, 0) is 11.3 Å². The molecule has 152 valence electrons. The van der Waals surface area contributed by atoms with E-state index in [1.165, 1.54) is 5.56 Å². The number of hydrogen-bond acceptors (Lipinski definition) is 3. The van der Waals surface area contributed by atoms with Gasteiger partial charge in [-0.15, -0.1) is 0 Å². The summed E-state index contributed by atoms with van der Waals surface area (Å²) in [7, 11) is 1.62. The maximum Gasteiger partial charge on any atom is 0.222 e. The molecule has 2 aromatic carbocycles. The summed E-state index contributed by atoms with van der Waals surface area (Å²) in [6.45, 7) is 5.03. The van der Waals surface area contributed by atoms with Gasteiger partial charge in [0.25, 0.3) is 0 Å². The largest absolute Gasteiger partial charge is 0.493 e. The predicted molar refractivity (Wildman–Crippen MR) is 114 cm³/mol. The van der Waals surface area contributed by atoms with Crippen LogP contribution in [-0.4, -0.2) is 24.2 Å². The molecule has 0 unspecified atom stereocenters. The summed E-state index contributed by atoms with van der Waals surface area (Å²) in [5.74, 6) is 1.38. The molecule has 0 saturated heterocycles. The van der Waals surface area contributed by atoms with E-state index in [-0.39, 0.29) is 11.9 Å². The molecule has 3 rings (SSSR count). The van der Waals surface area contributed by atoms with Crippen LogP contribution in [0.4, 0.5) is 0 Å². The molecule has 1 aromatic heterocycles. The van der Waals surface area contributed by atoms with Crippen LogP contribution in [0.25, 0.3) is 0 Å². The SMILES string of the molecule is CCOc1ccc(CNC(=O)C[C@H](c2ccccc2C)n2cccc2)cc1OC. The van der Waals surface area contributed by atoms with Crippen molar-refractivity contribution in [3.05, 3.63) is 83.7 Å². The maximum atomic E-state index is 12.8. The average molecular weight is 392 g/mol. The van der Waals surface area contributed by atoms with E-state index < -0.39 is 0 Å². The van der Waals surface area contributed by atoms with Gasteiger partial charge in [-0.3, -0.25) is 4.79 Å². The Morgan fingerprint density at radius 2 is 1.83 bits per heavy atom. The maximum absolute atomic E-state index is 12.8. The number of rotatable bonds is 9. The third-order valence-corrected chi connectivity index (χ3v) is 4.93. The number of nitrogens with one attached hydrogen (secondary N) is 1. The van der Waals surface area contributed by atoms with Crippen molar-refractivity contribution >= 4 is 5.91 Å². The first kappa shape index (κ1) is 20.5. The van der Waals surface area contributed by atoms with Crippen molar-refractivity contribution in [2.75, 3.05) is 13.7 Å². The van der Waals surface area contributed by atoms with Gasteiger partial charge in [0, 0.05) is 18.9 Å². The Bertz CT molecular complexity index is 935. The summed E-state index contributed by atoms with van der Waals surface area (Å²) in [6, 6.07) is 17.8. The first-order chi connectivity index (χ1) is 14.1. The molecule has 0 aliphatic heterocycles. The number of aryl methyl sites for hydroxylation is 1. The van der Waals surface area contributed by atoms with Gasteiger partial charge >= 0.3 is 0 Å². The van der Waals surface area contributed by atoms with E-state index in [0.717, 1.165) is 11.1 Å². The van der Waals surface area contributed by atoms with E-state index in [2.05, 4.69) is 28.9 Å². The van der Waals surface area contributed by atoms with Crippen LogP contribution < -0.4 is 14.8 Å². The van der Waals surface area contributed by atoms with Gasteiger partial charge in [0.2, 0.25) is 5.91 Å². The zero-order chi connectivity index (χ0) is 20.6. The van der Waals surface area contributed by atoms with E-state index in [9.17, 15) is 4.79 Å². The van der Waals surface area contributed by atoms with E-state index in [4.69, 9.17) is 9.47 Å². The molecule has 5 nitrogen and oxygen atoms in total. The fraction of sp³-hybridized carbons (Fsp3) is 0.292. The molecule has 0 fully saturated rings. The molecule has 1 atom stereocenters. The highest BCUT2D eigenvalue weighted by molar-refractivity contribution is 5.77. The summed E-state index contributed by atoms with van der Waals surface area (Å²) in [4.78, 5) is 12.8. The van der Waals surface area contributed by atoms with Crippen LogP contribution in [0.5, 0.6) is 11.5 Å². The van der Waals surface area contributed by atoms with Gasteiger partial charge < -0.3 is 19.4 Å². The van der Waals surface area contributed by atoms with Gasteiger partial charge in [-0.2, -0.15) is 0 Å². The molecular weight excluding hydrogens is 364 g/mol. The number of ether oxygens (including phenoxy) is 2. The monoisotopic (exact) mass is 392 g/mol. The van der Waals surface area contributed by atoms with Gasteiger partial charge in [0.1, 0.15) is 0 Å². The first-order valence-electron chi connectivity index (χ1n) is 9.86. The third-order valence-electron chi connectivity index (χ3n) is 4.93. The lowest BCUT2D eigenvalue weighted by Crippen LogP contribution is -2.26. The fourth-order valence-electron chi connectivity index (χ4n) is 3.44.